The number of rotatable bonds is 8. The summed E-state index contributed by atoms with van der Waals surface area (Å²) in [7, 11) is -3.75. The van der Waals surface area contributed by atoms with E-state index in [1.54, 1.807) is 26.8 Å². The number of aryl methyl sites for hydroxylation is 1. The van der Waals surface area contributed by atoms with E-state index in [1.807, 2.05) is 30.3 Å². The lowest BCUT2D eigenvalue weighted by molar-refractivity contribution is 0.102. The fourth-order valence-corrected chi connectivity index (χ4v) is 6.13. The summed E-state index contributed by atoms with van der Waals surface area (Å²) in [4.78, 5) is 17.8. The summed E-state index contributed by atoms with van der Waals surface area (Å²) in [5, 5.41) is 3.74. The standard InChI is InChI=1S/C22H24ClN3O3S2/c1-4-26(5-2)31(28,29)19-14-17(11-12-18(19)23)25-22(27)21-15(3)24-20(30-21)13-16-9-7-6-8-10-16/h6-12,14H,4-5,13H2,1-3H3,(H,25,27). The van der Waals surface area contributed by atoms with Crippen molar-refractivity contribution in [2.45, 2.75) is 32.1 Å². The molecule has 0 aliphatic carbocycles. The Kier molecular flexibility index (Phi) is 7.48. The fourth-order valence-electron chi connectivity index (χ4n) is 3.18. The number of sulfonamides is 1. The summed E-state index contributed by atoms with van der Waals surface area (Å²) in [6.07, 6.45) is 0.646. The molecule has 0 fully saturated rings. The van der Waals surface area contributed by atoms with Gasteiger partial charge in [0.15, 0.2) is 0 Å². The van der Waals surface area contributed by atoms with E-state index in [4.69, 9.17) is 11.6 Å². The zero-order valence-corrected chi connectivity index (χ0v) is 19.9. The number of aromatic nitrogens is 1. The van der Waals surface area contributed by atoms with E-state index in [-0.39, 0.29) is 15.8 Å². The summed E-state index contributed by atoms with van der Waals surface area (Å²) < 4.78 is 27.1. The highest BCUT2D eigenvalue weighted by Gasteiger charge is 2.25. The van der Waals surface area contributed by atoms with Crippen molar-refractivity contribution in [2.24, 2.45) is 0 Å². The van der Waals surface area contributed by atoms with Crippen molar-refractivity contribution in [3.8, 4) is 0 Å². The van der Waals surface area contributed by atoms with Crippen LogP contribution in [0.5, 0.6) is 0 Å². The van der Waals surface area contributed by atoms with Gasteiger partial charge in [-0.25, -0.2) is 13.4 Å². The summed E-state index contributed by atoms with van der Waals surface area (Å²) in [6.45, 7) is 5.98. The Labute approximate surface area is 191 Å². The van der Waals surface area contributed by atoms with Gasteiger partial charge in [0.05, 0.1) is 15.7 Å². The number of hydrogen-bond donors (Lipinski definition) is 1. The number of thiazole rings is 1. The lowest BCUT2D eigenvalue weighted by Crippen LogP contribution is -2.30. The van der Waals surface area contributed by atoms with E-state index < -0.39 is 10.0 Å². The van der Waals surface area contributed by atoms with E-state index in [0.29, 0.717) is 35.8 Å². The third-order valence-electron chi connectivity index (χ3n) is 4.76. The normalized spacial score (nSPS) is 11.6. The number of anilines is 1. The van der Waals surface area contributed by atoms with Crippen LogP contribution in [0.3, 0.4) is 0 Å². The number of nitrogens with one attached hydrogen (secondary N) is 1. The van der Waals surface area contributed by atoms with Gasteiger partial charge in [-0.3, -0.25) is 4.79 Å². The van der Waals surface area contributed by atoms with Crippen LogP contribution in [0.15, 0.2) is 53.4 Å². The SMILES string of the molecule is CCN(CC)S(=O)(=O)c1cc(NC(=O)c2sc(Cc3ccccc3)nc2C)ccc1Cl. The summed E-state index contributed by atoms with van der Waals surface area (Å²) in [5.74, 6) is -0.331. The first-order valence-electron chi connectivity index (χ1n) is 9.87. The summed E-state index contributed by atoms with van der Waals surface area (Å²) >= 11 is 7.50. The number of hydrogen-bond acceptors (Lipinski definition) is 5. The van der Waals surface area contributed by atoms with E-state index in [9.17, 15) is 13.2 Å². The predicted octanol–water partition coefficient (Wildman–Crippen LogP) is 4.98. The molecule has 1 amide bonds. The van der Waals surface area contributed by atoms with E-state index in [1.165, 1.54) is 27.8 Å². The zero-order chi connectivity index (χ0) is 22.6. The Morgan fingerprint density at radius 2 is 1.81 bits per heavy atom. The molecule has 0 aliphatic heterocycles. The Balaban J connectivity index is 1.83. The van der Waals surface area contributed by atoms with Crippen LogP contribution in [-0.2, 0) is 16.4 Å². The first kappa shape index (κ1) is 23.4. The monoisotopic (exact) mass is 477 g/mol. The molecule has 0 atom stereocenters. The molecule has 31 heavy (non-hydrogen) atoms. The quantitative estimate of drug-likeness (QED) is 0.496. The van der Waals surface area contributed by atoms with Gasteiger partial charge in [-0.15, -0.1) is 11.3 Å². The highest BCUT2D eigenvalue weighted by atomic mass is 35.5. The van der Waals surface area contributed by atoms with Gasteiger partial charge in [-0.2, -0.15) is 4.31 Å². The third-order valence-corrected chi connectivity index (χ3v) is 8.45. The van der Waals surface area contributed by atoms with Crippen LogP contribution in [-0.4, -0.2) is 36.7 Å². The molecule has 1 N–H and O–H groups in total. The minimum absolute atomic E-state index is 0.0264. The first-order chi connectivity index (χ1) is 14.8. The number of amides is 1. The second kappa shape index (κ2) is 9.91. The second-order valence-electron chi connectivity index (χ2n) is 6.87. The predicted molar refractivity (Wildman–Crippen MR) is 126 cm³/mol. The Hall–Kier alpha value is -2.26. The van der Waals surface area contributed by atoms with Crippen molar-refractivity contribution >= 4 is 44.6 Å². The molecule has 0 saturated carbocycles. The largest absolute Gasteiger partial charge is 0.321 e. The fraction of sp³-hybridized carbons (Fsp3) is 0.273. The maximum atomic E-state index is 12.9. The van der Waals surface area contributed by atoms with Gasteiger partial charge in [-0.05, 0) is 30.7 Å². The molecule has 6 nitrogen and oxygen atoms in total. The van der Waals surface area contributed by atoms with Gasteiger partial charge >= 0.3 is 0 Å². The van der Waals surface area contributed by atoms with Crippen molar-refractivity contribution in [2.75, 3.05) is 18.4 Å². The smallest absolute Gasteiger partial charge is 0.267 e. The molecule has 1 heterocycles. The third kappa shape index (κ3) is 5.33. The second-order valence-corrected chi connectivity index (χ2v) is 10.3. The van der Waals surface area contributed by atoms with Crippen molar-refractivity contribution in [3.63, 3.8) is 0 Å². The Morgan fingerprint density at radius 1 is 1.13 bits per heavy atom. The lowest BCUT2D eigenvalue weighted by Gasteiger charge is -2.19. The van der Waals surface area contributed by atoms with Gasteiger partial charge < -0.3 is 5.32 Å². The van der Waals surface area contributed by atoms with Crippen LogP contribution in [0.25, 0.3) is 0 Å². The average molecular weight is 478 g/mol. The molecular formula is C22H24ClN3O3S2. The van der Waals surface area contributed by atoms with Crippen LogP contribution in [0.4, 0.5) is 5.69 Å². The molecule has 0 aliphatic rings. The molecule has 3 rings (SSSR count). The van der Waals surface area contributed by atoms with Crippen LogP contribution >= 0.6 is 22.9 Å². The van der Waals surface area contributed by atoms with Gasteiger partial charge in [0, 0.05) is 25.2 Å². The number of benzene rings is 2. The van der Waals surface area contributed by atoms with Crippen molar-refractivity contribution in [3.05, 3.63) is 74.7 Å². The molecule has 1 aromatic heterocycles. The minimum atomic E-state index is -3.75. The van der Waals surface area contributed by atoms with Crippen LogP contribution < -0.4 is 5.32 Å². The lowest BCUT2D eigenvalue weighted by atomic mass is 10.2. The van der Waals surface area contributed by atoms with Crippen LogP contribution in [0, 0.1) is 6.92 Å². The highest BCUT2D eigenvalue weighted by Crippen LogP contribution is 2.29. The molecular weight excluding hydrogens is 454 g/mol. The summed E-state index contributed by atoms with van der Waals surface area (Å²) in [6, 6.07) is 14.4. The molecule has 0 saturated heterocycles. The molecule has 9 heteroatoms. The van der Waals surface area contributed by atoms with Crippen molar-refractivity contribution in [1.29, 1.82) is 0 Å². The molecule has 164 valence electrons. The van der Waals surface area contributed by atoms with Gasteiger partial charge in [0.25, 0.3) is 5.91 Å². The Morgan fingerprint density at radius 3 is 2.45 bits per heavy atom. The van der Waals surface area contributed by atoms with Crippen LogP contribution in [0.1, 0.15) is 39.8 Å². The van der Waals surface area contributed by atoms with E-state index in [2.05, 4.69) is 10.3 Å². The van der Waals surface area contributed by atoms with Crippen molar-refractivity contribution in [1.82, 2.24) is 9.29 Å². The maximum absolute atomic E-state index is 12.9. The Bertz CT molecular complexity index is 1170. The van der Waals surface area contributed by atoms with Crippen LogP contribution in [0.2, 0.25) is 5.02 Å². The number of nitrogens with zero attached hydrogens (tertiary/aromatic N) is 2. The highest BCUT2D eigenvalue weighted by molar-refractivity contribution is 7.89. The topological polar surface area (TPSA) is 79.4 Å². The number of halogens is 1. The molecule has 0 bridgehead atoms. The molecule has 2 aromatic carbocycles. The average Bonchev–Trinajstić information content (AvgIpc) is 3.10. The zero-order valence-electron chi connectivity index (χ0n) is 17.6. The number of carbonyl (C=O) groups excluding carboxylic acids is 1. The van der Waals surface area contributed by atoms with Gasteiger partial charge in [-0.1, -0.05) is 55.8 Å². The maximum Gasteiger partial charge on any atom is 0.267 e. The molecule has 0 unspecified atom stereocenters. The van der Waals surface area contributed by atoms with Gasteiger partial charge in [0.1, 0.15) is 9.77 Å². The molecule has 0 spiro atoms. The summed E-state index contributed by atoms with van der Waals surface area (Å²) in [5.41, 5.74) is 2.11. The van der Waals surface area contributed by atoms with Gasteiger partial charge in [0.2, 0.25) is 10.0 Å². The minimum Gasteiger partial charge on any atom is -0.321 e. The molecule has 0 radical (unpaired) electrons. The van der Waals surface area contributed by atoms with E-state index >= 15 is 0 Å². The van der Waals surface area contributed by atoms with Crippen molar-refractivity contribution < 1.29 is 13.2 Å². The van der Waals surface area contributed by atoms with E-state index in [0.717, 1.165) is 10.6 Å². The first-order valence-corrected chi connectivity index (χ1v) is 12.5. The molecule has 3 aromatic rings. The number of carbonyl (C=O) groups is 1.